The molecule has 0 radical (unpaired) electrons. The van der Waals surface area contributed by atoms with Gasteiger partial charge in [0.25, 0.3) is 0 Å². The molecular formula is C14H16FNO4. The van der Waals surface area contributed by atoms with Gasteiger partial charge in [-0.25, -0.2) is 14.0 Å². The van der Waals surface area contributed by atoms with Crippen molar-refractivity contribution in [2.24, 2.45) is 0 Å². The topological polar surface area (TPSA) is 55.8 Å². The molecule has 108 valence electrons. The fourth-order valence-electron chi connectivity index (χ4n) is 2.15. The van der Waals surface area contributed by atoms with Crippen LogP contribution in [0.15, 0.2) is 30.3 Å². The summed E-state index contributed by atoms with van der Waals surface area (Å²) in [6.07, 6.45) is -1.99. The van der Waals surface area contributed by atoms with Crippen LogP contribution in [0.2, 0.25) is 0 Å². The Hall–Kier alpha value is -2.11. The highest BCUT2D eigenvalue weighted by molar-refractivity contribution is 5.82. The second kappa shape index (κ2) is 6.36. The molecule has 2 rings (SSSR count). The first kappa shape index (κ1) is 14.3. The van der Waals surface area contributed by atoms with Gasteiger partial charge in [0.15, 0.2) is 0 Å². The lowest BCUT2D eigenvalue weighted by atomic mass is 10.2. The maximum atomic E-state index is 13.4. The molecule has 1 aromatic rings. The molecule has 0 bridgehead atoms. The van der Waals surface area contributed by atoms with Crippen LogP contribution in [0.5, 0.6) is 0 Å². The van der Waals surface area contributed by atoms with E-state index in [2.05, 4.69) is 4.74 Å². The molecule has 20 heavy (non-hydrogen) atoms. The minimum Gasteiger partial charge on any atom is -0.467 e. The lowest BCUT2D eigenvalue weighted by Gasteiger charge is -2.21. The summed E-state index contributed by atoms with van der Waals surface area (Å²) < 4.78 is 23.1. The van der Waals surface area contributed by atoms with Crippen molar-refractivity contribution in [1.29, 1.82) is 0 Å². The van der Waals surface area contributed by atoms with E-state index in [0.717, 1.165) is 10.5 Å². The first-order valence-electron chi connectivity index (χ1n) is 6.31. The van der Waals surface area contributed by atoms with Crippen LogP contribution in [0.25, 0.3) is 0 Å². The van der Waals surface area contributed by atoms with Crippen molar-refractivity contribution < 1.29 is 23.5 Å². The van der Waals surface area contributed by atoms with Crippen molar-refractivity contribution in [2.45, 2.75) is 25.2 Å². The van der Waals surface area contributed by atoms with E-state index in [1.165, 1.54) is 7.11 Å². The summed E-state index contributed by atoms with van der Waals surface area (Å²) in [7, 11) is 1.21. The molecule has 1 aliphatic rings. The zero-order valence-corrected chi connectivity index (χ0v) is 11.1. The summed E-state index contributed by atoms with van der Waals surface area (Å²) in [6.45, 7) is -0.0611. The number of carbonyl (C=O) groups is 2. The molecule has 1 fully saturated rings. The number of alkyl halides is 1. The van der Waals surface area contributed by atoms with E-state index >= 15 is 0 Å². The van der Waals surface area contributed by atoms with Crippen LogP contribution in [0.4, 0.5) is 9.18 Å². The Morgan fingerprint density at radius 3 is 2.70 bits per heavy atom. The number of esters is 1. The van der Waals surface area contributed by atoms with Crippen LogP contribution >= 0.6 is 0 Å². The zero-order valence-electron chi connectivity index (χ0n) is 11.1. The maximum absolute atomic E-state index is 13.4. The predicted octanol–water partition coefficient (Wildman–Crippen LogP) is 1.91. The van der Waals surface area contributed by atoms with E-state index in [1.807, 2.05) is 30.3 Å². The van der Waals surface area contributed by atoms with Crippen LogP contribution in [0.3, 0.4) is 0 Å². The molecule has 1 saturated heterocycles. The number of hydrogen-bond acceptors (Lipinski definition) is 4. The van der Waals surface area contributed by atoms with Crippen molar-refractivity contribution in [3.05, 3.63) is 35.9 Å². The molecule has 6 heteroatoms. The van der Waals surface area contributed by atoms with Gasteiger partial charge in [0.1, 0.15) is 18.8 Å². The van der Waals surface area contributed by atoms with Crippen molar-refractivity contribution in [2.75, 3.05) is 13.7 Å². The third-order valence-corrected chi connectivity index (χ3v) is 3.16. The molecule has 0 unspecified atom stereocenters. The van der Waals surface area contributed by atoms with Gasteiger partial charge < -0.3 is 9.47 Å². The highest BCUT2D eigenvalue weighted by Crippen LogP contribution is 2.22. The smallest absolute Gasteiger partial charge is 0.410 e. The molecule has 0 saturated carbocycles. The summed E-state index contributed by atoms with van der Waals surface area (Å²) in [5.41, 5.74) is 0.825. The summed E-state index contributed by atoms with van der Waals surface area (Å²) in [4.78, 5) is 24.5. The van der Waals surface area contributed by atoms with Crippen LogP contribution in [-0.2, 0) is 20.9 Å². The fraction of sp³-hybridized carbons (Fsp3) is 0.429. The highest BCUT2D eigenvalue weighted by Gasteiger charge is 2.41. The number of methoxy groups -OCH3 is 1. The SMILES string of the molecule is COC(=O)[C@H]1C[C@H](F)CN1C(=O)OCc1ccccc1. The Kier molecular flexibility index (Phi) is 4.55. The standard InChI is InChI=1S/C14H16FNO4/c1-19-13(17)12-7-11(15)8-16(12)14(18)20-9-10-5-3-2-4-6-10/h2-6,11-12H,7-9H2,1H3/t11-,12+/m0/s1. The van der Waals surface area contributed by atoms with E-state index in [9.17, 15) is 14.0 Å². The second-order valence-electron chi connectivity index (χ2n) is 4.56. The third-order valence-electron chi connectivity index (χ3n) is 3.16. The highest BCUT2D eigenvalue weighted by atomic mass is 19.1. The molecule has 2 atom stereocenters. The van der Waals surface area contributed by atoms with Gasteiger partial charge in [0.05, 0.1) is 13.7 Å². The molecule has 5 nitrogen and oxygen atoms in total. The Bertz CT molecular complexity index is 479. The van der Waals surface area contributed by atoms with Crippen LogP contribution < -0.4 is 0 Å². The molecule has 1 heterocycles. The second-order valence-corrected chi connectivity index (χ2v) is 4.56. The van der Waals surface area contributed by atoms with E-state index in [4.69, 9.17) is 4.74 Å². The number of rotatable bonds is 3. The number of benzene rings is 1. The van der Waals surface area contributed by atoms with Gasteiger partial charge in [0, 0.05) is 6.42 Å². The predicted molar refractivity (Wildman–Crippen MR) is 68.7 cm³/mol. The average Bonchev–Trinajstić information content (AvgIpc) is 2.87. The van der Waals surface area contributed by atoms with Gasteiger partial charge in [-0.1, -0.05) is 30.3 Å². The van der Waals surface area contributed by atoms with Crippen LogP contribution in [0.1, 0.15) is 12.0 Å². The van der Waals surface area contributed by atoms with Crippen molar-refractivity contribution >= 4 is 12.1 Å². The van der Waals surface area contributed by atoms with Gasteiger partial charge in [-0.15, -0.1) is 0 Å². The summed E-state index contributed by atoms with van der Waals surface area (Å²) >= 11 is 0. The zero-order chi connectivity index (χ0) is 14.5. The number of hydrogen-bond donors (Lipinski definition) is 0. The number of carbonyl (C=O) groups excluding carboxylic acids is 2. The molecule has 0 aromatic heterocycles. The molecule has 1 amide bonds. The number of halogens is 1. The molecule has 0 aliphatic carbocycles. The van der Waals surface area contributed by atoms with E-state index in [1.54, 1.807) is 0 Å². The number of amides is 1. The molecule has 1 aliphatic heterocycles. The molecule has 1 aromatic carbocycles. The van der Waals surface area contributed by atoms with Crippen molar-refractivity contribution in [1.82, 2.24) is 4.90 Å². The van der Waals surface area contributed by atoms with Crippen LogP contribution in [-0.4, -0.2) is 42.8 Å². The van der Waals surface area contributed by atoms with Gasteiger partial charge in [0.2, 0.25) is 0 Å². The van der Waals surface area contributed by atoms with Gasteiger partial charge in [-0.3, -0.25) is 4.90 Å². The van der Waals surface area contributed by atoms with E-state index in [0.29, 0.717) is 0 Å². The Morgan fingerprint density at radius 1 is 1.35 bits per heavy atom. The first-order chi connectivity index (χ1) is 9.61. The van der Waals surface area contributed by atoms with E-state index in [-0.39, 0.29) is 19.6 Å². The number of likely N-dealkylation sites (tertiary alicyclic amines) is 1. The fourth-order valence-corrected chi connectivity index (χ4v) is 2.15. The number of ether oxygens (including phenoxy) is 2. The lowest BCUT2D eigenvalue weighted by Crippen LogP contribution is -2.41. The quantitative estimate of drug-likeness (QED) is 0.794. The van der Waals surface area contributed by atoms with Gasteiger partial charge >= 0.3 is 12.1 Å². The van der Waals surface area contributed by atoms with E-state index < -0.39 is 24.3 Å². The molecule has 0 N–H and O–H groups in total. The normalized spacial score (nSPS) is 21.6. The first-order valence-corrected chi connectivity index (χ1v) is 6.31. The molecule has 0 spiro atoms. The maximum Gasteiger partial charge on any atom is 0.410 e. The third kappa shape index (κ3) is 3.26. The largest absolute Gasteiger partial charge is 0.467 e. The van der Waals surface area contributed by atoms with Crippen molar-refractivity contribution in [3.63, 3.8) is 0 Å². The summed E-state index contributed by atoms with van der Waals surface area (Å²) in [6, 6.07) is 8.23. The van der Waals surface area contributed by atoms with Crippen LogP contribution in [0, 0.1) is 0 Å². The lowest BCUT2D eigenvalue weighted by molar-refractivity contribution is -0.145. The van der Waals surface area contributed by atoms with Gasteiger partial charge in [-0.2, -0.15) is 0 Å². The summed E-state index contributed by atoms with van der Waals surface area (Å²) in [5.74, 6) is -0.623. The minimum absolute atomic E-state index is 0.0485. The Labute approximate surface area is 116 Å². The Morgan fingerprint density at radius 2 is 2.05 bits per heavy atom. The monoisotopic (exact) mass is 281 g/mol. The minimum atomic E-state index is -1.23. The number of nitrogens with zero attached hydrogens (tertiary/aromatic N) is 1. The molecular weight excluding hydrogens is 265 g/mol. The van der Waals surface area contributed by atoms with Crippen molar-refractivity contribution in [3.8, 4) is 0 Å². The summed E-state index contributed by atoms with van der Waals surface area (Å²) in [5, 5.41) is 0. The average molecular weight is 281 g/mol. The Balaban J connectivity index is 1.95. The van der Waals surface area contributed by atoms with Gasteiger partial charge in [-0.05, 0) is 5.56 Å².